The number of carboxylic acid groups (broad SMARTS) is 1. The molecule has 0 aromatic heterocycles. The van der Waals surface area contributed by atoms with E-state index >= 15 is 0 Å². The van der Waals surface area contributed by atoms with E-state index in [1.165, 1.54) is 6.07 Å². The molecule has 0 atom stereocenters. The van der Waals surface area contributed by atoms with Crippen molar-refractivity contribution in [1.82, 2.24) is 0 Å². The van der Waals surface area contributed by atoms with Gasteiger partial charge in [0, 0.05) is 12.0 Å². The van der Waals surface area contributed by atoms with Crippen LogP contribution in [0.25, 0.3) is 5.70 Å². The van der Waals surface area contributed by atoms with Crippen LogP contribution in [0.15, 0.2) is 54.0 Å². The molecule has 0 amide bonds. The lowest BCUT2D eigenvalue weighted by atomic mass is 10.0. The highest BCUT2D eigenvalue weighted by Crippen LogP contribution is 2.32. The van der Waals surface area contributed by atoms with E-state index in [4.69, 9.17) is 0 Å². The number of carbonyl (C=O) groups is 1. The van der Waals surface area contributed by atoms with Crippen LogP contribution in [0.4, 0.5) is 14.5 Å². The Balaban J connectivity index is 1.86. The molecule has 128 valence electrons. The van der Waals surface area contributed by atoms with Crippen molar-refractivity contribution in [3.8, 4) is 0 Å². The maximum atomic E-state index is 13.3. The Bertz CT molecular complexity index is 877. The smallest absolute Gasteiger partial charge is 0.323 e. The molecule has 0 radical (unpaired) electrons. The summed E-state index contributed by atoms with van der Waals surface area (Å²) in [7, 11) is 0. The Kier molecular flexibility index (Phi) is 4.61. The van der Waals surface area contributed by atoms with E-state index in [9.17, 15) is 18.7 Å². The van der Waals surface area contributed by atoms with Gasteiger partial charge < -0.3 is 10.0 Å². The van der Waals surface area contributed by atoms with Crippen LogP contribution in [0.1, 0.15) is 17.5 Å². The third-order valence-electron chi connectivity index (χ3n) is 4.00. The summed E-state index contributed by atoms with van der Waals surface area (Å²) in [6.07, 6.45) is 0.785. The molecule has 0 unspecified atom stereocenters. The van der Waals surface area contributed by atoms with Crippen molar-refractivity contribution in [3.05, 3.63) is 71.8 Å². The van der Waals surface area contributed by atoms with Gasteiger partial charge in [-0.2, -0.15) is 0 Å². The standard InChI is InChI=1S/C19H16F2N2O2/c1-12-14-4-2-3-5-17(14)23(11-19(24)25)18(22-12)9-7-13-6-8-15(20)16(21)10-13/h2-6,8,10H,1,7,9,11H2,(H,24,25). The summed E-state index contributed by atoms with van der Waals surface area (Å²) in [4.78, 5) is 17.3. The first kappa shape index (κ1) is 16.8. The van der Waals surface area contributed by atoms with E-state index < -0.39 is 17.6 Å². The molecule has 4 nitrogen and oxygen atoms in total. The first-order chi connectivity index (χ1) is 12.0. The molecule has 0 fully saturated rings. The number of benzene rings is 2. The number of hydrogen-bond donors (Lipinski definition) is 1. The molecule has 1 aliphatic heterocycles. The molecule has 1 N–H and O–H groups in total. The predicted octanol–water partition coefficient (Wildman–Crippen LogP) is 3.87. The average Bonchev–Trinajstić information content (AvgIpc) is 2.58. The van der Waals surface area contributed by atoms with Gasteiger partial charge in [-0.3, -0.25) is 4.79 Å². The normalized spacial score (nSPS) is 13.4. The van der Waals surface area contributed by atoms with Crippen molar-refractivity contribution < 1.29 is 18.7 Å². The van der Waals surface area contributed by atoms with E-state index in [1.54, 1.807) is 4.90 Å². The van der Waals surface area contributed by atoms with E-state index in [-0.39, 0.29) is 6.54 Å². The van der Waals surface area contributed by atoms with Crippen molar-refractivity contribution in [1.29, 1.82) is 0 Å². The molecule has 0 spiro atoms. The van der Waals surface area contributed by atoms with Gasteiger partial charge in [-0.1, -0.05) is 30.8 Å². The topological polar surface area (TPSA) is 52.9 Å². The maximum absolute atomic E-state index is 13.3. The third-order valence-corrected chi connectivity index (χ3v) is 4.00. The van der Waals surface area contributed by atoms with Crippen molar-refractivity contribution in [2.45, 2.75) is 12.8 Å². The van der Waals surface area contributed by atoms with Gasteiger partial charge in [0.2, 0.25) is 0 Å². The molecular formula is C19H16F2N2O2. The summed E-state index contributed by atoms with van der Waals surface area (Å²) in [5, 5.41) is 9.22. The molecule has 6 heteroatoms. The van der Waals surface area contributed by atoms with Crippen LogP contribution in [0, 0.1) is 11.6 Å². The van der Waals surface area contributed by atoms with Gasteiger partial charge in [-0.25, -0.2) is 13.8 Å². The Morgan fingerprint density at radius 3 is 2.60 bits per heavy atom. The number of halogens is 2. The zero-order valence-corrected chi connectivity index (χ0v) is 13.4. The second kappa shape index (κ2) is 6.84. The van der Waals surface area contributed by atoms with Crippen molar-refractivity contribution in [2.75, 3.05) is 11.4 Å². The van der Waals surface area contributed by atoms with Gasteiger partial charge in [-0.05, 0) is 30.2 Å². The number of aliphatic imine (C=N–C) groups is 1. The monoisotopic (exact) mass is 342 g/mol. The minimum absolute atomic E-state index is 0.235. The fourth-order valence-electron chi connectivity index (χ4n) is 2.82. The van der Waals surface area contributed by atoms with E-state index in [0.29, 0.717) is 29.9 Å². The Hall–Kier alpha value is -3.02. The van der Waals surface area contributed by atoms with Crippen molar-refractivity contribution in [2.24, 2.45) is 4.99 Å². The first-order valence-corrected chi connectivity index (χ1v) is 7.75. The molecule has 0 aliphatic carbocycles. The number of aliphatic carboxylic acids is 1. The molecule has 2 aromatic rings. The lowest BCUT2D eigenvalue weighted by molar-refractivity contribution is -0.135. The SMILES string of the molecule is C=C1N=C(CCc2ccc(F)c(F)c2)N(CC(=O)O)c2ccccc21. The molecule has 1 aliphatic rings. The third kappa shape index (κ3) is 3.57. The highest BCUT2D eigenvalue weighted by atomic mass is 19.2. The van der Waals surface area contributed by atoms with Crippen LogP contribution in [0.3, 0.4) is 0 Å². The van der Waals surface area contributed by atoms with Crippen LogP contribution in [0.2, 0.25) is 0 Å². The first-order valence-electron chi connectivity index (χ1n) is 7.75. The summed E-state index contributed by atoms with van der Waals surface area (Å²) >= 11 is 0. The van der Waals surface area contributed by atoms with Crippen LogP contribution >= 0.6 is 0 Å². The number of fused-ring (bicyclic) bond motifs is 1. The van der Waals surface area contributed by atoms with Crippen molar-refractivity contribution in [3.63, 3.8) is 0 Å². The van der Waals surface area contributed by atoms with Crippen LogP contribution < -0.4 is 4.90 Å². The zero-order valence-electron chi connectivity index (χ0n) is 13.4. The molecule has 1 heterocycles. The Labute approximate surface area is 143 Å². The second-order valence-corrected chi connectivity index (χ2v) is 5.72. The lowest BCUT2D eigenvalue weighted by Gasteiger charge is -2.31. The number of carboxylic acids is 1. The second-order valence-electron chi connectivity index (χ2n) is 5.72. The average molecular weight is 342 g/mol. The largest absolute Gasteiger partial charge is 0.480 e. The Morgan fingerprint density at radius 2 is 1.88 bits per heavy atom. The molecule has 0 saturated heterocycles. The van der Waals surface area contributed by atoms with E-state index in [2.05, 4.69) is 11.6 Å². The number of nitrogens with zero attached hydrogens (tertiary/aromatic N) is 2. The maximum Gasteiger partial charge on any atom is 0.323 e. The Morgan fingerprint density at radius 1 is 1.12 bits per heavy atom. The summed E-state index contributed by atoms with van der Waals surface area (Å²) < 4.78 is 26.4. The zero-order chi connectivity index (χ0) is 18.0. The number of hydrogen-bond acceptors (Lipinski definition) is 3. The molecule has 25 heavy (non-hydrogen) atoms. The summed E-state index contributed by atoms with van der Waals surface area (Å²) in [5.41, 5.74) is 2.67. The van der Waals surface area contributed by atoms with Crippen molar-refractivity contribution >= 4 is 23.2 Å². The molecule has 0 bridgehead atoms. The summed E-state index contributed by atoms with van der Waals surface area (Å²) in [6.45, 7) is 3.69. The number of anilines is 1. The van der Waals surface area contributed by atoms with Gasteiger partial charge in [0.15, 0.2) is 11.6 Å². The van der Waals surface area contributed by atoms with Crippen LogP contribution in [0.5, 0.6) is 0 Å². The molecule has 0 saturated carbocycles. The fourth-order valence-corrected chi connectivity index (χ4v) is 2.82. The summed E-state index contributed by atoms with van der Waals surface area (Å²) in [5.74, 6) is -2.24. The number of para-hydroxylation sites is 1. The van der Waals surface area contributed by atoms with Gasteiger partial charge >= 0.3 is 5.97 Å². The van der Waals surface area contributed by atoms with E-state index in [1.807, 2.05) is 24.3 Å². The van der Waals surface area contributed by atoms with Gasteiger partial charge in [-0.15, -0.1) is 0 Å². The quantitative estimate of drug-likeness (QED) is 0.897. The van der Waals surface area contributed by atoms with Crippen LogP contribution in [-0.2, 0) is 11.2 Å². The van der Waals surface area contributed by atoms with Crippen LogP contribution in [-0.4, -0.2) is 23.5 Å². The lowest BCUT2D eigenvalue weighted by Crippen LogP contribution is -2.38. The minimum Gasteiger partial charge on any atom is -0.480 e. The minimum atomic E-state index is -0.983. The van der Waals surface area contributed by atoms with E-state index in [0.717, 1.165) is 23.4 Å². The number of amidine groups is 1. The highest BCUT2D eigenvalue weighted by molar-refractivity contribution is 6.08. The number of rotatable bonds is 5. The fraction of sp³-hybridized carbons (Fsp3) is 0.158. The molecular weight excluding hydrogens is 326 g/mol. The molecule has 3 rings (SSSR count). The van der Waals surface area contributed by atoms with Gasteiger partial charge in [0.25, 0.3) is 0 Å². The predicted molar refractivity (Wildman–Crippen MR) is 92.6 cm³/mol. The van der Waals surface area contributed by atoms with Gasteiger partial charge in [0.05, 0.1) is 11.4 Å². The molecule has 2 aromatic carbocycles. The summed E-state index contributed by atoms with van der Waals surface area (Å²) in [6, 6.07) is 11.0. The van der Waals surface area contributed by atoms with Gasteiger partial charge in [0.1, 0.15) is 12.4 Å². The highest BCUT2D eigenvalue weighted by Gasteiger charge is 2.24. The number of aryl methyl sites for hydroxylation is 1.